The second-order valence-electron chi connectivity index (χ2n) is 7.18. The van der Waals surface area contributed by atoms with Gasteiger partial charge in [0.15, 0.2) is 11.5 Å². The summed E-state index contributed by atoms with van der Waals surface area (Å²) in [6.07, 6.45) is 0. The van der Waals surface area contributed by atoms with E-state index in [1.807, 2.05) is 68.4 Å². The molecule has 1 N–H and O–H groups in total. The fourth-order valence-corrected chi connectivity index (χ4v) is 3.34. The fraction of sp³-hybridized carbons (Fsp3) is 0.240. The molecule has 0 saturated heterocycles. The molecule has 3 aromatic rings. The molecule has 0 unspecified atom stereocenters. The van der Waals surface area contributed by atoms with E-state index in [0.717, 1.165) is 28.2 Å². The van der Waals surface area contributed by atoms with E-state index in [9.17, 15) is 4.79 Å². The zero-order valence-corrected chi connectivity index (χ0v) is 17.6. The molecule has 6 heteroatoms. The van der Waals surface area contributed by atoms with Crippen LogP contribution in [0.4, 0.5) is 0 Å². The molecule has 1 aliphatic heterocycles. The zero-order valence-electron chi connectivity index (χ0n) is 17.6. The van der Waals surface area contributed by atoms with Crippen LogP contribution in [0.3, 0.4) is 0 Å². The summed E-state index contributed by atoms with van der Waals surface area (Å²) in [6, 6.07) is 18.9. The summed E-state index contributed by atoms with van der Waals surface area (Å²) in [6.45, 7) is 5.38. The third-order valence-corrected chi connectivity index (χ3v) is 4.99. The van der Waals surface area contributed by atoms with Gasteiger partial charge in [-0.15, -0.1) is 0 Å². The minimum Gasteiger partial charge on any atom is -0.493 e. The topological polar surface area (TPSA) is 66.0 Å². The van der Waals surface area contributed by atoms with Crippen LogP contribution >= 0.6 is 0 Å². The number of carbonyl (C=O) groups is 1. The third-order valence-electron chi connectivity index (χ3n) is 4.99. The molecule has 0 bridgehead atoms. The lowest BCUT2D eigenvalue weighted by Gasteiger charge is -2.14. The largest absolute Gasteiger partial charge is 0.493 e. The Labute approximate surface area is 181 Å². The van der Waals surface area contributed by atoms with Gasteiger partial charge < -0.3 is 24.3 Å². The van der Waals surface area contributed by atoms with E-state index in [1.54, 1.807) is 6.07 Å². The molecule has 0 fully saturated rings. The minimum atomic E-state index is -0.169. The Kier molecular flexibility index (Phi) is 6.26. The summed E-state index contributed by atoms with van der Waals surface area (Å²) in [5.41, 5.74) is 3.36. The number of carbonyl (C=O) groups excluding carboxylic acids is 1. The number of amides is 1. The van der Waals surface area contributed by atoms with Crippen LogP contribution in [0.25, 0.3) is 0 Å². The van der Waals surface area contributed by atoms with Crippen molar-refractivity contribution in [3.63, 3.8) is 0 Å². The summed E-state index contributed by atoms with van der Waals surface area (Å²) >= 11 is 0. The molecule has 3 aromatic carbocycles. The molecular weight excluding hydrogens is 394 g/mol. The van der Waals surface area contributed by atoms with Gasteiger partial charge in [0.05, 0.1) is 6.61 Å². The van der Waals surface area contributed by atoms with Gasteiger partial charge in [-0.2, -0.15) is 0 Å². The number of hydrogen-bond acceptors (Lipinski definition) is 5. The quantitative estimate of drug-likeness (QED) is 0.577. The summed E-state index contributed by atoms with van der Waals surface area (Å²) in [4.78, 5) is 12.8. The highest BCUT2D eigenvalue weighted by Crippen LogP contribution is 2.32. The van der Waals surface area contributed by atoms with Gasteiger partial charge in [0.2, 0.25) is 6.79 Å². The molecule has 0 atom stereocenters. The Morgan fingerprint density at radius 1 is 0.968 bits per heavy atom. The Morgan fingerprint density at radius 3 is 2.65 bits per heavy atom. The van der Waals surface area contributed by atoms with E-state index in [4.69, 9.17) is 18.9 Å². The van der Waals surface area contributed by atoms with Crippen molar-refractivity contribution in [1.29, 1.82) is 0 Å². The van der Waals surface area contributed by atoms with Crippen LogP contribution in [-0.4, -0.2) is 19.3 Å². The van der Waals surface area contributed by atoms with Crippen LogP contribution < -0.4 is 24.3 Å². The van der Waals surface area contributed by atoms with Crippen molar-refractivity contribution in [2.24, 2.45) is 0 Å². The van der Waals surface area contributed by atoms with Gasteiger partial charge in [-0.05, 0) is 61.4 Å². The molecule has 0 saturated carbocycles. The molecule has 1 amide bonds. The van der Waals surface area contributed by atoms with Crippen LogP contribution in [0, 0.1) is 6.92 Å². The number of rotatable bonds is 8. The van der Waals surface area contributed by atoms with Crippen molar-refractivity contribution in [3.05, 3.63) is 82.9 Å². The van der Waals surface area contributed by atoms with Gasteiger partial charge in [0.1, 0.15) is 18.1 Å². The molecule has 31 heavy (non-hydrogen) atoms. The van der Waals surface area contributed by atoms with Crippen LogP contribution in [0.1, 0.15) is 34.0 Å². The number of fused-ring (bicyclic) bond motifs is 1. The van der Waals surface area contributed by atoms with Gasteiger partial charge in [-0.1, -0.05) is 24.3 Å². The van der Waals surface area contributed by atoms with Crippen molar-refractivity contribution < 1.29 is 23.7 Å². The van der Waals surface area contributed by atoms with Crippen LogP contribution in [0.5, 0.6) is 23.0 Å². The Morgan fingerprint density at radius 2 is 1.81 bits per heavy atom. The molecule has 1 heterocycles. The summed E-state index contributed by atoms with van der Waals surface area (Å²) in [5, 5.41) is 2.95. The third kappa shape index (κ3) is 4.91. The molecule has 6 nitrogen and oxygen atoms in total. The maximum atomic E-state index is 12.8. The van der Waals surface area contributed by atoms with Gasteiger partial charge in [-0.25, -0.2) is 0 Å². The highest BCUT2D eigenvalue weighted by atomic mass is 16.7. The summed E-state index contributed by atoms with van der Waals surface area (Å²) in [5.74, 6) is 2.77. The summed E-state index contributed by atoms with van der Waals surface area (Å²) < 4.78 is 22.4. The molecule has 4 rings (SSSR count). The number of para-hydroxylation sites is 1. The fourth-order valence-electron chi connectivity index (χ4n) is 3.34. The molecule has 0 radical (unpaired) electrons. The van der Waals surface area contributed by atoms with Crippen LogP contribution in [-0.2, 0) is 13.2 Å². The normalized spacial score (nSPS) is 11.8. The predicted molar refractivity (Wildman–Crippen MR) is 117 cm³/mol. The van der Waals surface area contributed by atoms with E-state index >= 15 is 0 Å². The van der Waals surface area contributed by atoms with Crippen molar-refractivity contribution in [3.8, 4) is 23.0 Å². The zero-order chi connectivity index (χ0) is 21.6. The maximum Gasteiger partial charge on any atom is 0.251 e. The number of benzene rings is 3. The number of aryl methyl sites for hydroxylation is 1. The highest BCUT2D eigenvalue weighted by Gasteiger charge is 2.15. The first-order valence-corrected chi connectivity index (χ1v) is 10.2. The molecule has 0 aromatic heterocycles. The Balaban J connectivity index is 1.45. The lowest BCUT2D eigenvalue weighted by atomic mass is 10.1. The smallest absolute Gasteiger partial charge is 0.251 e. The van der Waals surface area contributed by atoms with Crippen molar-refractivity contribution in [2.75, 3.05) is 13.4 Å². The first-order chi connectivity index (χ1) is 15.1. The number of ether oxygens (including phenoxy) is 4. The monoisotopic (exact) mass is 419 g/mol. The first-order valence-electron chi connectivity index (χ1n) is 10.2. The highest BCUT2D eigenvalue weighted by molar-refractivity contribution is 5.94. The first kappa shape index (κ1) is 20.6. The average molecular weight is 419 g/mol. The molecule has 1 aliphatic rings. The number of hydrogen-bond donors (Lipinski definition) is 1. The lowest BCUT2D eigenvalue weighted by molar-refractivity contribution is 0.0950. The van der Waals surface area contributed by atoms with E-state index in [1.165, 1.54) is 0 Å². The Hall–Kier alpha value is -3.67. The molecule has 160 valence electrons. The van der Waals surface area contributed by atoms with E-state index in [2.05, 4.69) is 5.32 Å². The standard InChI is InChI=1S/C25H25NO5/c1-3-28-22-11-9-19(13-20(22)15-29-21-7-5-4-6-17(21)2)25(27)26-14-18-8-10-23-24(12-18)31-16-30-23/h4-13H,3,14-16H2,1-2H3,(H,26,27). The SMILES string of the molecule is CCOc1ccc(C(=O)NCc2ccc3c(c2)OCO3)cc1COc1ccccc1C. The summed E-state index contributed by atoms with van der Waals surface area (Å²) in [7, 11) is 0. The number of nitrogens with one attached hydrogen (secondary N) is 1. The molecule has 0 aliphatic carbocycles. The van der Waals surface area contributed by atoms with Crippen molar-refractivity contribution in [2.45, 2.75) is 27.0 Å². The maximum absolute atomic E-state index is 12.8. The molecule has 0 spiro atoms. The van der Waals surface area contributed by atoms with E-state index < -0.39 is 0 Å². The van der Waals surface area contributed by atoms with Gasteiger partial charge >= 0.3 is 0 Å². The average Bonchev–Trinajstić information content (AvgIpc) is 3.26. The second kappa shape index (κ2) is 9.43. The van der Waals surface area contributed by atoms with Crippen molar-refractivity contribution in [1.82, 2.24) is 5.32 Å². The minimum absolute atomic E-state index is 0.169. The van der Waals surface area contributed by atoms with Crippen LogP contribution in [0.2, 0.25) is 0 Å². The molecular formula is C25H25NO5. The van der Waals surface area contributed by atoms with Gasteiger partial charge in [-0.3, -0.25) is 4.79 Å². The lowest BCUT2D eigenvalue weighted by Crippen LogP contribution is -2.23. The Bertz CT molecular complexity index is 1080. The predicted octanol–water partition coefficient (Wildman–Crippen LogP) is 4.63. The van der Waals surface area contributed by atoms with Gasteiger partial charge in [0.25, 0.3) is 5.91 Å². The second-order valence-corrected chi connectivity index (χ2v) is 7.18. The van der Waals surface area contributed by atoms with Crippen LogP contribution in [0.15, 0.2) is 60.7 Å². The van der Waals surface area contributed by atoms with E-state index in [-0.39, 0.29) is 12.7 Å². The van der Waals surface area contributed by atoms with Crippen molar-refractivity contribution >= 4 is 5.91 Å². The van der Waals surface area contributed by atoms with Gasteiger partial charge in [0, 0.05) is 17.7 Å². The van der Waals surface area contributed by atoms with E-state index in [0.29, 0.717) is 36.8 Å².